The highest BCUT2D eigenvalue weighted by molar-refractivity contribution is 5.79. The Hall–Kier alpha value is -2.37. The molecule has 0 radical (unpaired) electrons. The van der Waals surface area contributed by atoms with Crippen molar-refractivity contribution in [3.8, 4) is 0 Å². The van der Waals surface area contributed by atoms with E-state index in [2.05, 4.69) is 71.9 Å². The van der Waals surface area contributed by atoms with Crippen LogP contribution >= 0.6 is 0 Å². The Morgan fingerprint density at radius 2 is 2.00 bits per heavy atom. The second kappa shape index (κ2) is 9.71. The van der Waals surface area contributed by atoms with Gasteiger partial charge in [-0.25, -0.2) is 0 Å². The van der Waals surface area contributed by atoms with Gasteiger partial charge in [-0.2, -0.15) is 4.98 Å². The van der Waals surface area contributed by atoms with E-state index >= 15 is 0 Å². The number of benzene rings is 1. The van der Waals surface area contributed by atoms with E-state index in [0.717, 1.165) is 44.3 Å². The highest BCUT2D eigenvalue weighted by Crippen LogP contribution is 2.43. The third-order valence-electron chi connectivity index (χ3n) is 5.44. The number of hydrogen-bond acceptors (Lipinski definition) is 4. The van der Waals surface area contributed by atoms with Crippen molar-refractivity contribution >= 4 is 5.96 Å². The fraction of sp³-hybridized carbons (Fsp3) is 0.591. The largest absolute Gasteiger partial charge is 0.357 e. The van der Waals surface area contributed by atoms with Gasteiger partial charge in [0, 0.05) is 30.8 Å². The molecule has 2 aromatic rings. The summed E-state index contributed by atoms with van der Waals surface area (Å²) >= 11 is 0. The number of guanidine groups is 1. The first-order valence-corrected chi connectivity index (χ1v) is 10.5. The van der Waals surface area contributed by atoms with Crippen LogP contribution in [0.4, 0.5) is 0 Å². The van der Waals surface area contributed by atoms with Crippen molar-refractivity contribution in [3.05, 3.63) is 47.6 Å². The second-order valence-electron chi connectivity index (χ2n) is 7.93. The van der Waals surface area contributed by atoms with Gasteiger partial charge in [-0.1, -0.05) is 55.8 Å². The Kier molecular flexibility index (Phi) is 7.06. The van der Waals surface area contributed by atoms with Gasteiger partial charge in [0.25, 0.3) is 0 Å². The molecule has 6 heteroatoms. The van der Waals surface area contributed by atoms with Gasteiger partial charge in [-0.05, 0) is 31.7 Å². The topological polar surface area (TPSA) is 75.3 Å². The minimum absolute atomic E-state index is 0.209. The van der Waals surface area contributed by atoms with Crippen molar-refractivity contribution < 1.29 is 4.52 Å². The molecular weight excluding hydrogens is 350 g/mol. The van der Waals surface area contributed by atoms with Crippen molar-refractivity contribution in [1.82, 2.24) is 20.8 Å². The summed E-state index contributed by atoms with van der Waals surface area (Å²) in [6.45, 7) is 8.74. The summed E-state index contributed by atoms with van der Waals surface area (Å²) in [6, 6.07) is 10.8. The molecule has 1 heterocycles. The van der Waals surface area contributed by atoms with Crippen LogP contribution in [0.25, 0.3) is 0 Å². The van der Waals surface area contributed by atoms with E-state index in [0.29, 0.717) is 11.8 Å². The van der Waals surface area contributed by atoms with Crippen LogP contribution in [0.2, 0.25) is 0 Å². The average Bonchev–Trinajstić information content (AvgIpc) is 3.14. The minimum Gasteiger partial charge on any atom is -0.357 e. The van der Waals surface area contributed by atoms with Gasteiger partial charge < -0.3 is 15.2 Å². The predicted molar refractivity (Wildman–Crippen MR) is 113 cm³/mol. The molecular formula is C22H33N5O. The summed E-state index contributed by atoms with van der Waals surface area (Å²) < 4.78 is 5.31. The number of nitrogens with one attached hydrogen (secondary N) is 2. The van der Waals surface area contributed by atoms with Gasteiger partial charge in [-0.3, -0.25) is 4.99 Å². The lowest BCUT2D eigenvalue weighted by Gasteiger charge is -2.41. The maximum Gasteiger partial charge on any atom is 0.226 e. The lowest BCUT2D eigenvalue weighted by atomic mass is 9.64. The zero-order chi connectivity index (χ0) is 19.8. The van der Waals surface area contributed by atoms with Gasteiger partial charge in [0.1, 0.15) is 0 Å². The second-order valence-corrected chi connectivity index (χ2v) is 7.93. The summed E-state index contributed by atoms with van der Waals surface area (Å²) in [5.74, 6) is 2.68. The standard InChI is InChI=1S/C22H33N5O/c1-4-23-21(24-15-8-12-19-26-20(17(2)3)27-28-19)25-16-22(13-9-14-22)18-10-6-5-7-11-18/h5-7,10-11,17H,4,8-9,12-16H2,1-3H3,(H2,23,24,25). The van der Waals surface area contributed by atoms with Gasteiger partial charge in [0.15, 0.2) is 11.8 Å². The first-order chi connectivity index (χ1) is 13.6. The quantitative estimate of drug-likeness (QED) is 0.391. The smallest absolute Gasteiger partial charge is 0.226 e. The lowest BCUT2D eigenvalue weighted by molar-refractivity contribution is 0.253. The molecule has 0 spiro atoms. The number of aryl methyl sites for hydroxylation is 1. The Morgan fingerprint density at radius 1 is 1.21 bits per heavy atom. The zero-order valence-corrected chi connectivity index (χ0v) is 17.4. The fourth-order valence-electron chi connectivity index (χ4n) is 3.56. The van der Waals surface area contributed by atoms with Crippen LogP contribution < -0.4 is 10.6 Å². The first kappa shape index (κ1) is 20.4. The summed E-state index contributed by atoms with van der Waals surface area (Å²) in [5, 5.41) is 10.8. The molecule has 1 saturated carbocycles. The molecule has 0 atom stereocenters. The van der Waals surface area contributed by atoms with Crippen molar-refractivity contribution in [1.29, 1.82) is 0 Å². The van der Waals surface area contributed by atoms with Crippen molar-refractivity contribution in [2.75, 3.05) is 19.6 Å². The molecule has 0 amide bonds. The molecule has 152 valence electrons. The van der Waals surface area contributed by atoms with Gasteiger partial charge in [0.05, 0.1) is 6.54 Å². The van der Waals surface area contributed by atoms with Crippen LogP contribution in [0.3, 0.4) is 0 Å². The number of rotatable bonds is 9. The fourth-order valence-corrected chi connectivity index (χ4v) is 3.56. The van der Waals surface area contributed by atoms with E-state index in [4.69, 9.17) is 9.52 Å². The highest BCUT2D eigenvalue weighted by atomic mass is 16.5. The van der Waals surface area contributed by atoms with E-state index in [9.17, 15) is 0 Å². The van der Waals surface area contributed by atoms with E-state index in [-0.39, 0.29) is 5.41 Å². The molecule has 28 heavy (non-hydrogen) atoms. The van der Waals surface area contributed by atoms with E-state index in [1.165, 1.54) is 24.8 Å². The molecule has 1 aliphatic carbocycles. The molecule has 6 nitrogen and oxygen atoms in total. The van der Waals surface area contributed by atoms with E-state index in [1.54, 1.807) is 0 Å². The van der Waals surface area contributed by atoms with Crippen LogP contribution in [0, 0.1) is 0 Å². The van der Waals surface area contributed by atoms with E-state index < -0.39 is 0 Å². The minimum atomic E-state index is 0.209. The van der Waals surface area contributed by atoms with Crippen molar-refractivity contribution in [2.24, 2.45) is 4.99 Å². The molecule has 0 unspecified atom stereocenters. The van der Waals surface area contributed by atoms with Crippen LogP contribution in [0.1, 0.15) is 69.7 Å². The number of nitrogens with zero attached hydrogens (tertiary/aromatic N) is 3. The molecule has 0 saturated heterocycles. The van der Waals surface area contributed by atoms with Gasteiger partial charge >= 0.3 is 0 Å². The summed E-state index contributed by atoms with van der Waals surface area (Å²) in [7, 11) is 0. The number of aromatic nitrogens is 2. The van der Waals surface area contributed by atoms with E-state index in [1.807, 2.05) is 0 Å². The van der Waals surface area contributed by atoms with Crippen LogP contribution in [0.5, 0.6) is 0 Å². The zero-order valence-electron chi connectivity index (χ0n) is 17.4. The van der Waals surface area contributed by atoms with Gasteiger partial charge in [0.2, 0.25) is 5.89 Å². The summed E-state index contributed by atoms with van der Waals surface area (Å²) in [6.07, 6.45) is 5.43. The molecule has 3 rings (SSSR count). The van der Waals surface area contributed by atoms with Crippen LogP contribution in [-0.4, -0.2) is 35.7 Å². The maximum atomic E-state index is 5.31. The molecule has 2 N–H and O–H groups in total. The molecule has 0 bridgehead atoms. The summed E-state index contributed by atoms with van der Waals surface area (Å²) in [4.78, 5) is 9.33. The number of aliphatic imine (C=N–C) groups is 1. The first-order valence-electron chi connectivity index (χ1n) is 10.5. The Labute approximate surface area is 168 Å². The Morgan fingerprint density at radius 3 is 2.61 bits per heavy atom. The highest BCUT2D eigenvalue weighted by Gasteiger charge is 2.38. The molecule has 1 aromatic carbocycles. The maximum absolute atomic E-state index is 5.31. The average molecular weight is 384 g/mol. The molecule has 0 aliphatic heterocycles. The predicted octanol–water partition coefficient (Wildman–Crippen LogP) is 3.80. The molecule has 1 aliphatic rings. The van der Waals surface area contributed by atoms with Crippen LogP contribution in [0.15, 0.2) is 39.8 Å². The van der Waals surface area contributed by atoms with Crippen LogP contribution in [-0.2, 0) is 11.8 Å². The third-order valence-corrected chi connectivity index (χ3v) is 5.44. The van der Waals surface area contributed by atoms with Gasteiger partial charge in [-0.15, -0.1) is 0 Å². The molecule has 1 aromatic heterocycles. The van der Waals surface area contributed by atoms with Crippen molar-refractivity contribution in [3.63, 3.8) is 0 Å². The van der Waals surface area contributed by atoms with Crippen molar-refractivity contribution in [2.45, 2.75) is 64.2 Å². The lowest BCUT2D eigenvalue weighted by Crippen LogP contribution is -2.42. The Bertz CT molecular complexity index is 749. The Balaban J connectivity index is 1.51. The third kappa shape index (κ3) is 5.12. The SMILES string of the molecule is CCNC(=NCC1(c2ccccc2)CCC1)NCCCc1nc(C(C)C)no1. The normalized spacial score (nSPS) is 16.1. The number of hydrogen-bond donors (Lipinski definition) is 2. The summed E-state index contributed by atoms with van der Waals surface area (Å²) in [5.41, 5.74) is 1.62. The molecule has 1 fully saturated rings. The monoisotopic (exact) mass is 383 g/mol.